The molecule has 25 heteroatoms. The molecule has 432 valence electrons. The van der Waals surface area contributed by atoms with Crippen molar-refractivity contribution in [2.75, 3.05) is 56.7 Å². The van der Waals surface area contributed by atoms with Crippen LogP contribution in [0.4, 0.5) is 31.7 Å². The average molecular weight is 1120 g/mol. The molecular formula is C56H74N16O9. The van der Waals surface area contributed by atoms with Crippen molar-refractivity contribution in [2.45, 2.75) is 104 Å². The molecule has 0 saturated carbocycles. The van der Waals surface area contributed by atoms with Gasteiger partial charge in [0, 0.05) is 94.3 Å². The number of amides is 10. The van der Waals surface area contributed by atoms with E-state index in [1.54, 1.807) is 71.0 Å². The summed E-state index contributed by atoms with van der Waals surface area (Å²) in [4.78, 5) is 102. The summed E-state index contributed by atoms with van der Waals surface area (Å²) >= 11 is 0. The van der Waals surface area contributed by atoms with E-state index in [1.165, 1.54) is 0 Å². The highest BCUT2D eigenvalue weighted by Crippen LogP contribution is 2.33. The Morgan fingerprint density at radius 3 is 1.75 bits per heavy atom. The normalized spacial score (nSPS) is 14.7. The maximum atomic E-state index is 12.6. The van der Waals surface area contributed by atoms with Gasteiger partial charge in [-0.1, -0.05) is 36.4 Å². The molecule has 3 aliphatic heterocycles. The molecule has 6 heterocycles. The van der Waals surface area contributed by atoms with Crippen molar-refractivity contribution in [3.05, 3.63) is 131 Å². The lowest BCUT2D eigenvalue weighted by Gasteiger charge is -2.29. The van der Waals surface area contributed by atoms with Crippen LogP contribution in [-0.4, -0.2) is 129 Å². The zero-order valence-corrected chi connectivity index (χ0v) is 46.1. The number of benzene rings is 2. The van der Waals surface area contributed by atoms with Gasteiger partial charge in [0.15, 0.2) is 11.5 Å². The lowest BCUT2D eigenvalue weighted by molar-refractivity contribution is -0.133. The number of carbonyl (C=O) groups excluding carboxylic acids is 7. The van der Waals surface area contributed by atoms with Gasteiger partial charge >= 0.3 is 18.1 Å². The minimum absolute atomic E-state index is 0.0146. The molecule has 25 nitrogen and oxygen atoms in total. The van der Waals surface area contributed by atoms with Crippen LogP contribution in [-0.2, 0) is 45.4 Å². The van der Waals surface area contributed by atoms with E-state index in [2.05, 4.69) is 52.2 Å². The van der Waals surface area contributed by atoms with Crippen molar-refractivity contribution in [1.82, 2.24) is 66.9 Å². The van der Waals surface area contributed by atoms with Gasteiger partial charge in [0.2, 0.25) is 30.4 Å². The predicted molar refractivity (Wildman–Crippen MR) is 303 cm³/mol. The highest BCUT2D eigenvalue weighted by Gasteiger charge is 2.30. The molecule has 2 aromatic carbocycles. The quantitative estimate of drug-likeness (QED) is 0.0530. The lowest BCUT2D eigenvalue weighted by Crippen LogP contribution is -2.49. The summed E-state index contributed by atoms with van der Waals surface area (Å²) in [6, 6.07) is 22.3. The molecule has 0 spiro atoms. The van der Waals surface area contributed by atoms with E-state index in [0.29, 0.717) is 68.0 Å². The number of ether oxygens (including phenoxy) is 2. The zero-order valence-electron chi connectivity index (χ0n) is 46.1. The largest absolute Gasteiger partial charge is 0.454 e. The maximum Gasteiger partial charge on any atom is 0.315 e. The van der Waals surface area contributed by atoms with Gasteiger partial charge in [-0.3, -0.25) is 24.2 Å². The van der Waals surface area contributed by atoms with Gasteiger partial charge in [0.25, 0.3) is 0 Å². The fourth-order valence-corrected chi connectivity index (χ4v) is 8.66. The van der Waals surface area contributed by atoms with Crippen LogP contribution >= 0.6 is 0 Å². The second-order valence-electron chi connectivity index (χ2n) is 19.8. The molecule has 13 N–H and O–H groups in total. The van der Waals surface area contributed by atoms with Gasteiger partial charge in [0.05, 0.1) is 25.7 Å². The molecule has 1 unspecified atom stereocenters. The molecular weight excluding hydrogens is 1040 g/mol. The number of urea groups is 3. The molecule has 81 heavy (non-hydrogen) atoms. The van der Waals surface area contributed by atoms with Crippen molar-refractivity contribution in [3.63, 3.8) is 0 Å². The standard InChI is InChI=1S/C20H25N5O4.C19H23N5O2.C17H26N6O3/c1-13(2)25(11-14-3-5-16-17(7-14)29-12-28-16)19(26)10-24-20(27)23-9-15-4-6-18(21)22-8-15;20-16-7-5-14(6-8-16)11-22-19(26)23-13-18(25)24-10-2-4-17(24)15-3-1-9-21-12-15;1-11(2)23(10-13-4-6-15(24)22-13)16(25)9-21-17(26)20-8-12-3-5-14(18)19-7-12/h3-8,13H,9-12H2,1-2H3,(H2,21,22)(H2,23,24,27);1,3,5-9,12,17H,2,4,10-11,13,20H2,(H2,22,23,26);3,5,7,11,13H,4,6,8-10H2,1-2H3,(H2,18,19)(H,22,24)(H2,20,21,26)/t;17-;/m.1./s1. The number of fused-ring (bicyclic) bond motifs is 1. The van der Waals surface area contributed by atoms with Gasteiger partial charge in [0.1, 0.15) is 11.6 Å². The maximum absolute atomic E-state index is 12.6. The predicted octanol–water partition coefficient (Wildman–Crippen LogP) is 3.43. The van der Waals surface area contributed by atoms with Crippen LogP contribution in [0.2, 0.25) is 0 Å². The number of likely N-dealkylation sites (tertiary alicyclic amines) is 1. The van der Waals surface area contributed by atoms with E-state index in [1.807, 2.05) is 75.1 Å². The summed E-state index contributed by atoms with van der Waals surface area (Å²) in [5.74, 6) is 1.77. The summed E-state index contributed by atoms with van der Waals surface area (Å²) < 4.78 is 10.7. The summed E-state index contributed by atoms with van der Waals surface area (Å²) in [5.41, 5.74) is 21.9. The number of hydrogen-bond acceptors (Lipinski definition) is 15. The monoisotopic (exact) mass is 1110 g/mol. The molecule has 2 fully saturated rings. The molecule has 0 aliphatic carbocycles. The zero-order chi connectivity index (χ0) is 58.3. The van der Waals surface area contributed by atoms with Crippen LogP contribution in [0.1, 0.15) is 87.2 Å². The van der Waals surface area contributed by atoms with Crippen molar-refractivity contribution >= 4 is 59.0 Å². The number of anilines is 3. The van der Waals surface area contributed by atoms with E-state index in [0.717, 1.165) is 47.1 Å². The van der Waals surface area contributed by atoms with Gasteiger partial charge in [-0.25, -0.2) is 24.4 Å². The Bertz CT molecular complexity index is 2880. The molecule has 2 saturated heterocycles. The van der Waals surface area contributed by atoms with Gasteiger partial charge in [-0.05, 0) is 117 Å². The van der Waals surface area contributed by atoms with Crippen LogP contribution < -0.4 is 63.9 Å². The summed E-state index contributed by atoms with van der Waals surface area (Å²) in [6.07, 6.45) is 9.77. The third-order valence-corrected chi connectivity index (χ3v) is 13.1. The van der Waals surface area contributed by atoms with Crippen molar-refractivity contribution in [1.29, 1.82) is 0 Å². The molecule has 10 amide bonds. The number of carbonyl (C=O) groups is 7. The minimum atomic E-state index is -0.437. The first-order chi connectivity index (χ1) is 38.9. The topological polar surface area (TPSA) is 349 Å². The number of nitrogens with two attached hydrogens (primary N) is 3. The summed E-state index contributed by atoms with van der Waals surface area (Å²) in [6.45, 7) is 10.2. The number of nitrogens with zero attached hydrogens (tertiary/aromatic N) is 6. The molecule has 5 aromatic rings. The van der Waals surface area contributed by atoms with Crippen molar-refractivity contribution in [3.8, 4) is 11.5 Å². The fourth-order valence-electron chi connectivity index (χ4n) is 8.66. The van der Waals surface area contributed by atoms with Crippen LogP contribution in [0.25, 0.3) is 0 Å². The van der Waals surface area contributed by atoms with Crippen molar-refractivity contribution < 1.29 is 43.0 Å². The van der Waals surface area contributed by atoms with Gasteiger partial charge in [-0.15, -0.1) is 0 Å². The second-order valence-corrected chi connectivity index (χ2v) is 19.8. The van der Waals surface area contributed by atoms with Crippen LogP contribution in [0.5, 0.6) is 11.5 Å². The molecule has 8 rings (SSSR count). The lowest BCUT2D eigenvalue weighted by atomic mass is 10.1. The SMILES string of the molecule is CC(C)N(CC1CCC(=O)N1)C(=O)CNC(=O)NCc1ccc(N)nc1.CC(C)N(Cc1ccc2c(c1)OCO2)C(=O)CNC(=O)NCc1ccc(N)nc1.Nc1ccc(CNC(=O)NCC(=O)N2CCC[C@@H]2c2cccnc2)cc1. The van der Waals surface area contributed by atoms with Gasteiger partial charge in [-0.2, -0.15) is 0 Å². The Kier molecular flexibility index (Phi) is 23.0. The van der Waals surface area contributed by atoms with Crippen LogP contribution in [0.3, 0.4) is 0 Å². The molecule has 3 aromatic heterocycles. The third kappa shape index (κ3) is 20.1. The first-order valence-corrected chi connectivity index (χ1v) is 26.7. The average Bonchev–Trinajstić information content (AvgIpc) is 4.31. The minimum Gasteiger partial charge on any atom is -0.454 e. The number of rotatable bonds is 19. The number of hydrogen-bond donors (Lipinski definition) is 10. The smallest absolute Gasteiger partial charge is 0.315 e. The van der Waals surface area contributed by atoms with Crippen LogP contribution in [0, 0.1) is 0 Å². The second kappa shape index (κ2) is 30.7. The number of nitrogen functional groups attached to an aromatic ring is 3. The van der Waals surface area contributed by atoms with Gasteiger partial charge < -0.3 is 78.6 Å². The molecule has 0 radical (unpaired) electrons. The number of nitrogens with one attached hydrogen (secondary N) is 7. The van der Waals surface area contributed by atoms with E-state index >= 15 is 0 Å². The third-order valence-electron chi connectivity index (χ3n) is 13.1. The Morgan fingerprint density at radius 2 is 1.21 bits per heavy atom. The van der Waals surface area contributed by atoms with Crippen molar-refractivity contribution in [2.24, 2.45) is 0 Å². The first-order valence-electron chi connectivity index (χ1n) is 26.7. The Morgan fingerprint density at radius 1 is 0.654 bits per heavy atom. The van der Waals surface area contributed by atoms with E-state index in [4.69, 9.17) is 26.7 Å². The van der Waals surface area contributed by atoms with E-state index in [9.17, 15) is 33.6 Å². The first kappa shape index (κ1) is 60.8. The highest BCUT2D eigenvalue weighted by molar-refractivity contribution is 5.86. The molecule has 0 bridgehead atoms. The Labute approximate surface area is 470 Å². The van der Waals surface area contributed by atoms with E-state index in [-0.39, 0.29) is 86.8 Å². The Hall–Kier alpha value is -9.42. The van der Waals surface area contributed by atoms with E-state index < -0.39 is 12.1 Å². The summed E-state index contributed by atoms with van der Waals surface area (Å²) in [7, 11) is 0. The highest BCUT2D eigenvalue weighted by atomic mass is 16.7. The number of aromatic nitrogens is 3. The summed E-state index contributed by atoms with van der Waals surface area (Å²) in [5, 5.41) is 18.7. The molecule has 2 atom stereocenters. The fraction of sp³-hybridized carbons (Fsp3) is 0.393. The number of pyridine rings is 3. The molecule has 3 aliphatic rings. The van der Waals surface area contributed by atoms with Crippen LogP contribution in [0.15, 0.2) is 104 Å². The Balaban J connectivity index is 0.000000196.